The molecule has 1 heterocycles. The highest BCUT2D eigenvalue weighted by Gasteiger charge is 2.13. The van der Waals surface area contributed by atoms with Gasteiger partial charge in [-0.2, -0.15) is 5.10 Å². The topological polar surface area (TPSA) is 74.8 Å². The lowest BCUT2D eigenvalue weighted by Crippen LogP contribution is -2.28. The van der Waals surface area contributed by atoms with Gasteiger partial charge in [-0.3, -0.25) is 9.59 Å². The zero-order valence-corrected chi connectivity index (χ0v) is 14.1. The van der Waals surface area contributed by atoms with E-state index in [9.17, 15) is 9.59 Å². The minimum Gasteiger partial charge on any atom is -0.348 e. The van der Waals surface area contributed by atoms with E-state index in [1.54, 1.807) is 26.0 Å². The zero-order valence-electron chi connectivity index (χ0n) is 12.5. The summed E-state index contributed by atoms with van der Waals surface area (Å²) in [7, 11) is 0. The lowest BCUT2D eigenvalue weighted by molar-refractivity contribution is 0.0950. The molecule has 22 heavy (non-hydrogen) atoms. The molecule has 1 amide bonds. The maximum atomic E-state index is 12.3. The van der Waals surface area contributed by atoms with Crippen molar-refractivity contribution in [1.29, 1.82) is 0 Å². The molecule has 0 aliphatic carbocycles. The molecule has 1 aromatic carbocycles. The minimum atomic E-state index is -0.311. The van der Waals surface area contributed by atoms with Gasteiger partial charge in [-0.05, 0) is 43.9 Å². The second-order valence-corrected chi connectivity index (χ2v) is 6.06. The Morgan fingerprint density at radius 3 is 2.82 bits per heavy atom. The summed E-state index contributed by atoms with van der Waals surface area (Å²) in [6, 6.07) is 5.28. The maximum Gasteiger partial charge on any atom is 0.269 e. The average molecular weight is 338 g/mol. The number of aromatic nitrogens is 2. The van der Waals surface area contributed by atoms with E-state index in [0.717, 1.165) is 16.2 Å². The summed E-state index contributed by atoms with van der Waals surface area (Å²) in [6.45, 7) is 3.74. The van der Waals surface area contributed by atoms with Gasteiger partial charge in [0.05, 0.1) is 16.3 Å². The van der Waals surface area contributed by atoms with Crippen molar-refractivity contribution in [3.05, 3.63) is 56.0 Å². The SMILES string of the molecule is CSc1ccc(Cl)c(C(=O)NCc2c(C)c(C)n[nH]c2=O)c1. The van der Waals surface area contributed by atoms with E-state index < -0.39 is 0 Å². The molecule has 7 heteroatoms. The molecule has 0 aliphatic heterocycles. The summed E-state index contributed by atoms with van der Waals surface area (Å²) in [6.07, 6.45) is 1.92. The number of thioether (sulfide) groups is 1. The molecule has 0 bridgehead atoms. The van der Waals surface area contributed by atoms with E-state index >= 15 is 0 Å². The number of rotatable bonds is 4. The largest absolute Gasteiger partial charge is 0.348 e. The Kier molecular flexibility index (Phi) is 5.26. The third kappa shape index (κ3) is 3.51. The fourth-order valence-electron chi connectivity index (χ4n) is 1.96. The molecule has 1 aromatic heterocycles. The van der Waals surface area contributed by atoms with Crippen molar-refractivity contribution >= 4 is 29.3 Å². The van der Waals surface area contributed by atoms with E-state index in [-0.39, 0.29) is 18.0 Å². The number of nitrogens with one attached hydrogen (secondary N) is 2. The second-order valence-electron chi connectivity index (χ2n) is 4.77. The number of halogens is 1. The highest BCUT2D eigenvalue weighted by Crippen LogP contribution is 2.23. The molecule has 2 N–H and O–H groups in total. The smallest absolute Gasteiger partial charge is 0.269 e. The van der Waals surface area contributed by atoms with Crippen LogP contribution in [0.4, 0.5) is 0 Å². The van der Waals surface area contributed by atoms with Crippen LogP contribution in [0.2, 0.25) is 5.02 Å². The minimum absolute atomic E-state index is 0.128. The average Bonchev–Trinajstić information content (AvgIpc) is 2.51. The van der Waals surface area contributed by atoms with Gasteiger partial charge in [0.15, 0.2) is 0 Å². The molecule has 2 rings (SSSR count). The van der Waals surface area contributed by atoms with Crippen LogP contribution >= 0.6 is 23.4 Å². The van der Waals surface area contributed by atoms with Crippen LogP contribution in [0.1, 0.15) is 27.2 Å². The molecule has 0 saturated carbocycles. The summed E-state index contributed by atoms with van der Waals surface area (Å²) >= 11 is 7.60. The predicted molar refractivity (Wildman–Crippen MR) is 88.7 cm³/mol. The molecule has 0 spiro atoms. The number of carbonyl (C=O) groups excluding carboxylic acids is 1. The van der Waals surface area contributed by atoms with Crippen LogP contribution in [-0.2, 0) is 6.54 Å². The number of amides is 1. The molecule has 116 valence electrons. The van der Waals surface area contributed by atoms with Crippen molar-refractivity contribution in [2.24, 2.45) is 0 Å². The first-order valence-electron chi connectivity index (χ1n) is 6.60. The molecule has 5 nitrogen and oxygen atoms in total. The van der Waals surface area contributed by atoms with E-state index in [0.29, 0.717) is 16.1 Å². The Morgan fingerprint density at radius 2 is 2.14 bits per heavy atom. The Bertz CT molecular complexity index is 774. The lowest BCUT2D eigenvalue weighted by Gasteiger charge is -2.10. The van der Waals surface area contributed by atoms with Crippen LogP contribution in [0.3, 0.4) is 0 Å². The van der Waals surface area contributed by atoms with Crippen LogP contribution in [0.25, 0.3) is 0 Å². The number of nitrogens with zero attached hydrogens (tertiary/aromatic N) is 1. The first-order chi connectivity index (χ1) is 10.4. The van der Waals surface area contributed by atoms with E-state index in [2.05, 4.69) is 15.5 Å². The summed E-state index contributed by atoms with van der Waals surface area (Å²) in [4.78, 5) is 25.0. The number of aromatic amines is 1. The summed E-state index contributed by atoms with van der Waals surface area (Å²) in [5, 5.41) is 9.42. The number of hydrogen-bond donors (Lipinski definition) is 2. The third-order valence-electron chi connectivity index (χ3n) is 3.44. The van der Waals surface area contributed by atoms with Crippen molar-refractivity contribution in [2.75, 3.05) is 6.26 Å². The van der Waals surface area contributed by atoms with Gasteiger partial charge >= 0.3 is 0 Å². The van der Waals surface area contributed by atoms with Crippen molar-refractivity contribution in [3.8, 4) is 0 Å². The van der Waals surface area contributed by atoms with Gasteiger partial charge in [-0.15, -0.1) is 11.8 Å². The maximum absolute atomic E-state index is 12.3. The van der Waals surface area contributed by atoms with Gasteiger partial charge in [0.2, 0.25) is 0 Å². The van der Waals surface area contributed by atoms with E-state index in [4.69, 9.17) is 11.6 Å². The first kappa shape index (κ1) is 16.6. The first-order valence-corrected chi connectivity index (χ1v) is 8.20. The van der Waals surface area contributed by atoms with Crippen LogP contribution < -0.4 is 10.9 Å². The molecule has 0 atom stereocenters. The summed E-state index contributed by atoms with van der Waals surface area (Å²) in [5.74, 6) is -0.311. The summed E-state index contributed by atoms with van der Waals surface area (Å²) < 4.78 is 0. The van der Waals surface area contributed by atoms with Gasteiger partial charge in [-0.25, -0.2) is 5.10 Å². The van der Waals surface area contributed by atoms with Crippen LogP contribution in [0.5, 0.6) is 0 Å². The Labute approximate surface area is 137 Å². The molecular weight excluding hydrogens is 322 g/mol. The number of carbonyl (C=O) groups is 1. The van der Waals surface area contributed by atoms with Crippen LogP contribution in [0.15, 0.2) is 27.9 Å². The van der Waals surface area contributed by atoms with Crippen LogP contribution in [-0.4, -0.2) is 22.4 Å². The molecule has 0 saturated heterocycles. The van der Waals surface area contributed by atoms with Gasteiger partial charge in [-0.1, -0.05) is 11.6 Å². The van der Waals surface area contributed by atoms with E-state index in [1.165, 1.54) is 11.8 Å². The molecule has 0 radical (unpaired) electrons. The predicted octanol–water partition coefficient (Wildman–Crippen LogP) is 2.69. The molecule has 2 aromatic rings. The van der Waals surface area contributed by atoms with Gasteiger partial charge < -0.3 is 5.32 Å². The summed E-state index contributed by atoms with van der Waals surface area (Å²) in [5.41, 5.74) is 2.10. The number of hydrogen-bond acceptors (Lipinski definition) is 4. The normalized spacial score (nSPS) is 10.5. The Morgan fingerprint density at radius 1 is 1.41 bits per heavy atom. The Hall–Kier alpha value is -1.79. The fraction of sp³-hybridized carbons (Fsp3) is 0.267. The standard InChI is InChI=1S/C15H16ClN3O2S/c1-8-9(2)18-19-15(21)12(8)7-17-14(20)11-6-10(22-3)4-5-13(11)16/h4-6H,7H2,1-3H3,(H,17,20)(H,19,21). The highest BCUT2D eigenvalue weighted by molar-refractivity contribution is 7.98. The molecular formula is C15H16ClN3O2S. The second kappa shape index (κ2) is 6.98. The monoisotopic (exact) mass is 337 g/mol. The third-order valence-corrected chi connectivity index (χ3v) is 4.49. The number of aryl methyl sites for hydroxylation is 1. The lowest BCUT2D eigenvalue weighted by atomic mass is 10.1. The fourth-order valence-corrected chi connectivity index (χ4v) is 2.60. The van der Waals surface area contributed by atoms with Gasteiger partial charge in [0.25, 0.3) is 11.5 Å². The van der Waals surface area contributed by atoms with E-state index in [1.807, 2.05) is 12.3 Å². The van der Waals surface area contributed by atoms with Crippen molar-refractivity contribution in [3.63, 3.8) is 0 Å². The van der Waals surface area contributed by atoms with Crippen molar-refractivity contribution in [1.82, 2.24) is 15.5 Å². The number of benzene rings is 1. The molecule has 0 aliphatic rings. The highest BCUT2D eigenvalue weighted by atomic mass is 35.5. The van der Waals surface area contributed by atoms with Crippen LogP contribution in [0, 0.1) is 13.8 Å². The van der Waals surface area contributed by atoms with Crippen molar-refractivity contribution < 1.29 is 4.79 Å². The van der Waals surface area contributed by atoms with Gasteiger partial charge in [0, 0.05) is 17.0 Å². The van der Waals surface area contributed by atoms with Gasteiger partial charge in [0.1, 0.15) is 0 Å². The quantitative estimate of drug-likeness (QED) is 0.841. The van der Waals surface area contributed by atoms with Crippen molar-refractivity contribution in [2.45, 2.75) is 25.3 Å². The Balaban J connectivity index is 2.21. The number of H-pyrrole nitrogens is 1. The molecule has 0 unspecified atom stereocenters. The zero-order chi connectivity index (χ0) is 16.3. The molecule has 0 fully saturated rings.